The van der Waals surface area contributed by atoms with E-state index in [0.29, 0.717) is 32.5 Å². The van der Waals surface area contributed by atoms with E-state index in [9.17, 15) is 14.0 Å². The number of nitrogens with zero attached hydrogens (tertiary/aromatic N) is 1. The first kappa shape index (κ1) is 23.8. The van der Waals surface area contributed by atoms with Crippen LogP contribution in [0.5, 0.6) is 0 Å². The molecule has 0 unspecified atom stereocenters. The zero-order chi connectivity index (χ0) is 23.9. The molecule has 170 valence electrons. The van der Waals surface area contributed by atoms with Crippen molar-refractivity contribution in [3.63, 3.8) is 0 Å². The molecule has 0 aromatic heterocycles. The third-order valence-corrected chi connectivity index (χ3v) is 6.85. The molecule has 1 saturated carbocycles. The number of hydrogen-bond donors (Lipinski definition) is 1. The molecule has 1 N–H and O–H groups in total. The molecular formula is C24H17Cl4FN2O2. The Labute approximate surface area is 210 Å². The SMILES string of the molecule is CN(C(=O)c1cccc(NC(=O)[C@H]2[C@H](c3cc(Cl)cc(Cl)c3)C2(Cl)Cl)c1)c1ccc(F)cc1. The van der Waals surface area contributed by atoms with Gasteiger partial charge < -0.3 is 10.2 Å². The van der Waals surface area contributed by atoms with E-state index in [2.05, 4.69) is 5.32 Å². The summed E-state index contributed by atoms with van der Waals surface area (Å²) in [6, 6.07) is 17.0. The number of carbonyl (C=O) groups excluding carboxylic acids is 2. The zero-order valence-electron chi connectivity index (χ0n) is 17.2. The summed E-state index contributed by atoms with van der Waals surface area (Å²) >= 11 is 25.0. The maximum atomic E-state index is 13.2. The Kier molecular flexibility index (Phi) is 6.61. The number of benzene rings is 3. The van der Waals surface area contributed by atoms with Crippen LogP contribution in [0.2, 0.25) is 10.0 Å². The minimum Gasteiger partial charge on any atom is -0.326 e. The Balaban J connectivity index is 1.49. The molecule has 4 nitrogen and oxygen atoms in total. The van der Waals surface area contributed by atoms with Crippen LogP contribution >= 0.6 is 46.4 Å². The van der Waals surface area contributed by atoms with Crippen molar-refractivity contribution in [3.8, 4) is 0 Å². The van der Waals surface area contributed by atoms with Crippen LogP contribution in [0.4, 0.5) is 15.8 Å². The fraction of sp³-hybridized carbons (Fsp3) is 0.167. The van der Waals surface area contributed by atoms with Crippen molar-refractivity contribution in [3.05, 3.63) is 93.7 Å². The van der Waals surface area contributed by atoms with Crippen LogP contribution in [0, 0.1) is 11.7 Å². The summed E-state index contributed by atoms with van der Waals surface area (Å²) in [6.07, 6.45) is 0. The molecule has 1 aliphatic carbocycles. The quantitative estimate of drug-likeness (QED) is 0.367. The smallest absolute Gasteiger partial charge is 0.258 e. The van der Waals surface area contributed by atoms with E-state index >= 15 is 0 Å². The second-order valence-corrected chi connectivity index (χ2v) is 10.1. The predicted molar refractivity (Wildman–Crippen MR) is 131 cm³/mol. The van der Waals surface area contributed by atoms with Gasteiger partial charge in [0.2, 0.25) is 5.91 Å². The van der Waals surface area contributed by atoms with E-state index in [-0.39, 0.29) is 5.91 Å². The predicted octanol–water partition coefficient (Wildman–Crippen LogP) is 6.94. The minimum atomic E-state index is -1.31. The van der Waals surface area contributed by atoms with Crippen molar-refractivity contribution in [1.29, 1.82) is 0 Å². The molecule has 2 atom stereocenters. The van der Waals surface area contributed by atoms with Crippen molar-refractivity contribution >= 4 is 69.6 Å². The number of anilines is 2. The molecule has 0 heterocycles. The topological polar surface area (TPSA) is 49.4 Å². The number of carbonyl (C=O) groups is 2. The van der Waals surface area contributed by atoms with Gasteiger partial charge in [0.1, 0.15) is 10.2 Å². The van der Waals surface area contributed by atoms with Crippen molar-refractivity contribution in [2.45, 2.75) is 10.3 Å². The number of hydrogen-bond acceptors (Lipinski definition) is 2. The van der Waals surface area contributed by atoms with Gasteiger partial charge in [-0.25, -0.2) is 4.39 Å². The Hall–Kier alpha value is -2.31. The summed E-state index contributed by atoms with van der Waals surface area (Å²) in [5.74, 6) is -2.31. The molecule has 0 aliphatic heterocycles. The first-order chi connectivity index (χ1) is 15.6. The fourth-order valence-electron chi connectivity index (χ4n) is 3.75. The molecular weight excluding hydrogens is 509 g/mol. The lowest BCUT2D eigenvalue weighted by molar-refractivity contribution is -0.117. The van der Waals surface area contributed by atoms with E-state index in [0.717, 1.165) is 0 Å². The molecule has 0 radical (unpaired) electrons. The number of nitrogens with one attached hydrogen (secondary N) is 1. The number of alkyl halides is 2. The Bertz CT molecular complexity index is 1210. The molecule has 0 spiro atoms. The van der Waals surface area contributed by atoms with E-state index in [1.54, 1.807) is 49.5 Å². The standard InChI is InChI=1S/C24H17Cl4FN2O2/c1-31(19-7-5-17(29)6-8-19)23(33)13-3-2-4-18(11-13)30-22(32)21-20(24(21,27)28)14-9-15(25)12-16(26)10-14/h2-12,20-21H,1H3,(H,30,32)/t20-,21+/m0/s1. The summed E-state index contributed by atoms with van der Waals surface area (Å²) < 4.78 is 11.9. The van der Waals surface area contributed by atoms with Crippen molar-refractivity contribution in [1.82, 2.24) is 0 Å². The van der Waals surface area contributed by atoms with Gasteiger partial charge in [-0.2, -0.15) is 0 Å². The van der Waals surface area contributed by atoms with Gasteiger partial charge in [-0.3, -0.25) is 9.59 Å². The van der Waals surface area contributed by atoms with Crippen LogP contribution in [-0.2, 0) is 4.79 Å². The summed E-state index contributed by atoms with van der Waals surface area (Å²) in [4.78, 5) is 27.2. The van der Waals surface area contributed by atoms with Crippen molar-refractivity contribution < 1.29 is 14.0 Å². The highest BCUT2D eigenvalue weighted by atomic mass is 35.5. The van der Waals surface area contributed by atoms with Gasteiger partial charge in [-0.15, -0.1) is 23.2 Å². The van der Waals surface area contributed by atoms with Crippen LogP contribution in [0.15, 0.2) is 66.7 Å². The van der Waals surface area contributed by atoms with Crippen LogP contribution in [-0.4, -0.2) is 23.2 Å². The average molecular weight is 526 g/mol. The summed E-state index contributed by atoms with van der Waals surface area (Å²) in [7, 11) is 1.58. The Morgan fingerprint density at radius 1 is 0.970 bits per heavy atom. The molecule has 4 rings (SSSR count). The molecule has 3 aromatic rings. The third kappa shape index (κ3) is 4.97. The lowest BCUT2D eigenvalue weighted by Gasteiger charge is -2.18. The van der Waals surface area contributed by atoms with Gasteiger partial charge in [-0.05, 0) is 66.2 Å². The number of rotatable bonds is 5. The largest absolute Gasteiger partial charge is 0.326 e. The van der Waals surface area contributed by atoms with Crippen LogP contribution in [0.3, 0.4) is 0 Å². The highest BCUT2D eigenvalue weighted by Gasteiger charge is 2.67. The molecule has 33 heavy (non-hydrogen) atoms. The maximum Gasteiger partial charge on any atom is 0.258 e. The lowest BCUT2D eigenvalue weighted by Crippen LogP contribution is -2.26. The second-order valence-electron chi connectivity index (χ2n) is 7.74. The molecule has 0 saturated heterocycles. The maximum absolute atomic E-state index is 13.2. The van der Waals surface area contributed by atoms with Crippen molar-refractivity contribution in [2.24, 2.45) is 5.92 Å². The van der Waals surface area contributed by atoms with E-state index in [4.69, 9.17) is 46.4 Å². The van der Waals surface area contributed by atoms with E-state index < -0.39 is 27.9 Å². The highest BCUT2D eigenvalue weighted by Crippen LogP contribution is 2.65. The third-order valence-electron chi connectivity index (χ3n) is 5.48. The van der Waals surface area contributed by atoms with Crippen molar-refractivity contribution in [2.75, 3.05) is 17.3 Å². The van der Waals surface area contributed by atoms with Gasteiger partial charge in [-0.1, -0.05) is 29.3 Å². The Morgan fingerprint density at radius 2 is 1.61 bits per heavy atom. The second kappa shape index (κ2) is 9.15. The summed E-state index contributed by atoms with van der Waals surface area (Å²) in [6.45, 7) is 0. The molecule has 1 aliphatic rings. The monoisotopic (exact) mass is 524 g/mol. The average Bonchev–Trinajstić information content (AvgIpc) is 3.35. The van der Waals surface area contributed by atoms with Crippen LogP contribution < -0.4 is 10.2 Å². The zero-order valence-corrected chi connectivity index (χ0v) is 20.2. The van der Waals surface area contributed by atoms with Gasteiger partial charge in [0.15, 0.2) is 0 Å². The molecule has 0 bridgehead atoms. The summed E-state index contributed by atoms with van der Waals surface area (Å²) in [5, 5.41) is 3.62. The highest BCUT2D eigenvalue weighted by molar-refractivity contribution is 6.53. The van der Waals surface area contributed by atoms with Crippen LogP contribution in [0.25, 0.3) is 0 Å². The van der Waals surface area contributed by atoms with E-state index in [1.165, 1.54) is 29.2 Å². The summed E-state index contributed by atoms with van der Waals surface area (Å²) in [5.41, 5.74) is 1.96. The van der Waals surface area contributed by atoms with Gasteiger partial charge in [0.05, 0.1) is 5.92 Å². The number of amides is 2. The normalized spacial score (nSPS) is 18.5. The van der Waals surface area contributed by atoms with E-state index in [1.807, 2.05) is 0 Å². The Morgan fingerprint density at radius 3 is 2.24 bits per heavy atom. The van der Waals surface area contributed by atoms with Crippen LogP contribution in [0.1, 0.15) is 21.8 Å². The molecule has 2 amide bonds. The first-order valence-corrected chi connectivity index (χ1v) is 11.4. The lowest BCUT2D eigenvalue weighted by atomic mass is 10.1. The molecule has 3 aromatic carbocycles. The van der Waals surface area contributed by atoms with Gasteiger partial charge in [0.25, 0.3) is 5.91 Å². The molecule has 9 heteroatoms. The van der Waals surface area contributed by atoms with Gasteiger partial charge >= 0.3 is 0 Å². The fourth-order valence-corrected chi connectivity index (χ4v) is 5.12. The molecule has 1 fully saturated rings. The first-order valence-electron chi connectivity index (χ1n) is 9.86. The van der Waals surface area contributed by atoms with Gasteiger partial charge in [0, 0.05) is 39.9 Å². The minimum absolute atomic E-state index is 0.320. The number of halogens is 5.